The molecule has 1 aliphatic heterocycles. The average molecular weight is 298 g/mol. The number of amides is 2. The number of hydrogen-bond acceptors (Lipinski definition) is 5. The second-order valence-corrected chi connectivity index (χ2v) is 4.86. The van der Waals surface area contributed by atoms with Gasteiger partial charge < -0.3 is 5.32 Å². The van der Waals surface area contributed by atoms with E-state index in [0.29, 0.717) is 13.1 Å². The first-order valence-corrected chi connectivity index (χ1v) is 6.74. The molecule has 0 atom stereocenters. The van der Waals surface area contributed by atoms with E-state index in [-0.39, 0.29) is 23.9 Å². The molecular weight excluding hydrogens is 284 g/mol. The molecule has 1 aliphatic rings. The van der Waals surface area contributed by atoms with Crippen LogP contribution in [0.1, 0.15) is 17.5 Å². The normalized spacial score (nSPS) is 13.6. The van der Waals surface area contributed by atoms with Gasteiger partial charge in [0.1, 0.15) is 18.4 Å². The number of aromatic nitrogens is 3. The summed E-state index contributed by atoms with van der Waals surface area (Å²) in [6.07, 6.45) is 3.18. The molecule has 2 heterocycles. The molecule has 3 rings (SSSR count). The second-order valence-electron chi connectivity index (χ2n) is 4.86. The summed E-state index contributed by atoms with van der Waals surface area (Å²) in [5.41, 5.74) is 4.53. The zero-order chi connectivity index (χ0) is 15.4. The Morgan fingerprint density at radius 1 is 1.27 bits per heavy atom. The van der Waals surface area contributed by atoms with Crippen molar-refractivity contribution in [2.24, 2.45) is 5.10 Å². The van der Waals surface area contributed by atoms with Crippen LogP contribution in [-0.4, -0.2) is 32.3 Å². The Hall–Kier alpha value is -3.03. The van der Waals surface area contributed by atoms with Crippen LogP contribution in [0.15, 0.2) is 42.0 Å². The molecule has 2 aromatic rings. The Morgan fingerprint density at radius 2 is 2.05 bits per heavy atom. The molecule has 0 saturated carbocycles. The van der Waals surface area contributed by atoms with E-state index < -0.39 is 0 Å². The van der Waals surface area contributed by atoms with Crippen molar-refractivity contribution in [1.82, 2.24) is 25.5 Å². The minimum atomic E-state index is -0.329. The van der Waals surface area contributed by atoms with Crippen molar-refractivity contribution in [2.75, 3.05) is 0 Å². The highest BCUT2D eigenvalue weighted by molar-refractivity contribution is 6.43. The maximum Gasteiger partial charge on any atom is 0.268 e. The molecule has 0 radical (unpaired) electrons. The minimum absolute atomic E-state index is 0.0304. The number of nitrogens with zero attached hydrogens (tertiary/aromatic N) is 4. The van der Waals surface area contributed by atoms with Crippen LogP contribution in [0.5, 0.6) is 0 Å². The summed E-state index contributed by atoms with van der Waals surface area (Å²) in [6, 6.07) is 7.82. The summed E-state index contributed by atoms with van der Waals surface area (Å²) in [5.74, 6) is -0.590. The third kappa shape index (κ3) is 3.35. The van der Waals surface area contributed by atoms with Gasteiger partial charge in [-0.2, -0.15) is 10.2 Å². The van der Waals surface area contributed by atoms with E-state index in [2.05, 4.69) is 25.9 Å². The van der Waals surface area contributed by atoms with Crippen LogP contribution >= 0.6 is 0 Å². The molecule has 2 N–H and O–H groups in total. The third-order valence-electron chi connectivity index (χ3n) is 3.19. The van der Waals surface area contributed by atoms with E-state index in [4.69, 9.17) is 0 Å². The van der Waals surface area contributed by atoms with E-state index in [0.717, 1.165) is 11.1 Å². The van der Waals surface area contributed by atoms with Gasteiger partial charge in [0.25, 0.3) is 5.91 Å². The van der Waals surface area contributed by atoms with E-state index in [1.807, 2.05) is 24.3 Å². The predicted molar refractivity (Wildman–Crippen MR) is 77.6 cm³/mol. The van der Waals surface area contributed by atoms with Gasteiger partial charge in [0.15, 0.2) is 0 Å². The smallest absolute Gasteiger partial charge is 0.268 e. The van der Waals surface area contributed by atoms with Crippen molar-refractivity contribution in [3.8, 4) is 0 Å². The molecular formula is C14H14N6O2. The highest BCUT2D eigenvalue weighted by Gasteiger charge is 2.20. The number of carbonyl (C=O) groups excluding carboxylic acids is 2. The SMILES string of the molecule is O=C1CC(C(=O)NCc2ccc(Cn3cncn3)cc2)=NN1. The fourth-order valence-electron chi connectivity index (χ4n) is 2.04. The van der Waals surface area contributed by atoms with Crippen molar-refractivity contribution in [3.05, 3.63) is 48.0 Å². The van der Waals surface area contributed by atoms with Crippen LogP contribution in [-0.2, 0) is 22.7 Å². The Bertz CT molecular complexity index is 705. The van der Waals surface area contributed by atoms with Gasteiger partial charge in [0.05, 0.1) is 13.0 Å². The van der Waals surface area contributed by atoms with Gasteiger partial charge in [-0.05, 0) is 11.1 Å². The number of carbonyl (C=O) groups is 2. The summed E-state index contributed by atoms with van der Waals surface area (Å²) >= 11 is 0. The van der Waals surface area contributed by atoms with E-state index in [9.17, 15) is 9.59 Å². The van der Waals surface area contributed by atoms with Gasteiger partial charge in [-0.1, -0.05) is 24.3 Å². The molecule has 22 heavy (non-hydrogen) atoms. The number of hydrogen-bond donors (Lipinski definition) is 2. The number of benzene rings is 1. The Morgan fingerprint density at radius 3 is 2.68 bits per heavy atom. The van der Waals surface area contributed by atoms with Gasteiger partial charge in [-0.15, -0.1) is 0 Å². The molecule has 0 aliphatic carbocycles. The van der Waals surface area contributed by atoms with Gasteiger partial charge >= 0.3 is 0 Å². The maximum absolute atomic E-state index is 11.8. The molecule has 112 valence electrons. The van der Waals surface area contributed by atoms with Gasteiger partial charge in [0.2, 0.25) is 5.91 Å². The summed E-state index contributed by atoms with van der Waals surface area (Å²) in [4.78, 5) is 26.7. The highest BCUT2D eigenvalue weighted by Crippen LogP contribution is 2.06. The van der Waals surface area contributed by atoms with Crippen molar-refractivity contribution < 1.29 is 9.59 Å². The fourth-order valence-corrected chi connectivity index (χ4v) is 2.04. The largest absolute Gasteiger partial charge is 0.347 e. The molecule has 1 aromatic carbocycles. The standard InChI is InChI=1S/C14H14N6O2/c21-13-5-12(18-19-13)14(22)16-6-10-1-3-11(4-2-10)7-20-9-15-8-17-20/h1-4,8-9H,5-7H2,(H,16,22)(H,19,21). The van der Waals surface area contributed by atoms with E-state index in [1.165, 1.54) is 6.33 Å². The van der Waals surface area contributed by atoms with Crippen LogP contribution in [0.4, 0.5) is 0 Å². The van der Waals surface area contributed by atoms with Crippen molar-refractivity contribution in [1.29, 1.82) is 0 Å². The van der Waals surface area contributed by atoms with Crippen molar-refractivity contribution in [3.63, 3.8) is 0 Å². The fraction of sp³-hybridized carbons (Fsp3) is 0.214. The average Bonchev–Trinajstić information content (AvgIpc) is 3.18. The first-order valence-electron chi connectivity index (χ1n) is 6.74. The Labute approximate surface area is 126 Å². The summed E-state index contributed by atoms with van der Waals surface area (Å²) < 4.78 is 1.74. The molecule has 8 heteroatoms. The first-order chi connectivity index (χ1) is 10.7. The predicted octanol–water partition coefficient (Wildman–Crippen LogP) is -0.182. The molecule has 8 nitrogen and oxygen atoms in total. The van der Waals surface area contributed by atoms with Crippen LogP contribution in [0.25, 0.3) is 0 Å². The van der Waals surface area contributed by atoms with Crippen molar-refractivity contribution in [2.45, 2.75) is 19.5 Å². The molecule has 0 bridgehead atoms. The summed E-state index contributed by atoms with van der Waals surface area (Å²) in [7, 11) is 0. The summed E-state index contributed by atoms with van der Waals surface area (Å²) in [5, 5.41) is 10.5. The zero-order valence-corrected chi connectivity index (χ0v) is 11.7. The van der Waals surface area contributed by atoms with Crippen LogP contribution in [0.2, 0.25) is 0 Å². The molecule has 1 aromatic heterocycles. The lowest BCUT2D eigenvalue weighted by atomic mass is 10.1. The topological polar surface area (TPSA) is 101 Å². The number of rotatable bonds is 5. The minimum Gasteiger partial charge on any atom is -0.347 e. The Kier molecular flexibility index (Phi) is 3.90. The number of hydrazone groups is 1. The van der Waals surface area contributed by atoms with Crippen LogP contribution < -0.4 is 10.7 Å². The monoisotopic (exact) mass is 298 g/mol. The van der Waals surface area contributed by atoms with E-state index >= 15 is 0 Å². The van der Waals surface area contributed by atoms with Crippen LogP contribution in [0.3, 0.4) is 0 Å². The molecule has 2 amide bonds. The Balaban J connectivity index is 1.53. The van der Waals surface area contributed by atoms with Gasteiger partial charge in [0, 0.05) is 6.54 Å². The summed E-state index contributed by atoms with van der Waals surface area (Å²) in [6.45, 7) is 1.03. The lowest BCUT2D eigenvalue weighted by Crippen LogP contribution is -2.30. The quantitative estimate of drug-likeness (QED) is 0.799. The molecule has 0 saturated heterocycles. The van der Waals surface area contributed by atoms with Gasteiger partial charge in [-0.3, -0.25) is 9.59 Å². The number of nitrogens with one attached hydrogen (secondary N) is 2. The first kappa shape index (κ1) is 13.9. The van der Waals surface area contributed by atoms with Crippen molar-refractivity contribution >= 4 is 17.5 Å². The van der Waals surface area contributed by atoms with E-state index in [1.54, 1.807) is 11.0 Å². The molecule has 0 unspecified atom stereocenters. The third-order valence-corrected chi connectivity index (χ3v) is 3.19. The molecule has 0 fully saturated rings. The maximum atomic E-state index is 11.8. The highest BCUT2D eigenvalue weighted by atomic mass is 16.2. The van der Waals surface area contributed by atoms with Crippen LogP contribution in [0, 0.1) is 0 Å². The molecule has 0 spiro atoms. The lowest BCUT2D eigenvalue weighted by Gasteiger charge is -2.06. The van der Waals surface area contributed by atoms with Gasteiger partial charge in [-0.25, -0.2) is 15.1 Å². The zero-order valence-electron chi connectivity index (χ0n) is 11.7. The lowest BCUT2D eigenvalue weighted by molar-refractivity contribution is -0.120. The second kappa shape index (κ2) is 6.17.